The molecule has 1 saturated heterocycles. The molecule has 2 rings (SSSR count). The summed E-state index contributed by atoms with van der Waals surface area (Å²) in [4.78, 5) is 19.6. The normalized spacial score (nSPS) is 17.2. The summed E-state index contributed by atoms with van der Waals surface area (Å²) in [6, 6.07) is 6.80. The molecule has 1 fully saturated rings. The van der Waals surface area contributed by atoms with Gasteiger partial charge in [0, 0.05) is 46.7 Å². The van der Waals surface area contributed by atoms with Crippen LogP contribution in [-0.4, -0.2) is 57.0 Å². The van der Waals surface area contributed by atoms with Crippen molar-refractivity contribution in [1.29, 1.82) is 0 Å². The maximum absolute atomic E-state index is 13.8. The van der Waals surface area contributed by atoms with Gasteiger partial charge in [-0.05, 0) is 37.3 Å². The van der Waals surface area contributed by atoms with Crippen LogP contribution in [0.25, 0.3) is 0 Å². The average molecular weight is 491 g/mol. The molecule has 0 saturated carbocycles. The molecule has 1 aromatic rings. The summed E-state index contributed by atoms with van der Waals surface area (Å²) in [5.74, 6) is 0.711. The third-order valence-electron chi connectivity index (χ3n) is 4.74. The molecule has 1 aromatic carbocycles. The predicted molar refractivity (Wildman–Crippen MR) is 119 cm³/mol. The summed E-state index contributed by atoms with van der Waals surface area (Å²) in [5, 5.41) is 3.37. The second-order valence-electron chi connectivity index (χ2n) is 6.83. The minimum absolute atomic E-state index is 0. The lowest BCUT2D eigenvalue weighted by Crippen LogP contribution is -2.47. The zero-order valence-electron chi connectivity index (χ0n) is 16.2. The highest BCUT2D eigenvalue weighted by molar-refractivity contribution is 14.0. The molecule has 0 aromatic heterocycles. The highest BCUT2D eigenvalue weighted by atomic mass is 127. The standard InChI is InChI=1S/C19H30FN5O.HI/c1-22-19(25-12-5-7-15(14-25)13-18(21)26)23-10-6-11-24(2)17-9-4-3-8-16(17)20;/h3-4,8-9,15H,5-7,10-14H2,1-2H3,(H2,21,26)(H,22,23);1H. The minimum Gasteiger partial charge on any atom is -0.372 e. The van der Waals surface area contributed by atoms with Gasteiger partial charge in [0.25, 0.3) is 0 Å². The van der Waals surface area contributed by atoms with Crippen molar-refractivity contribution in [2.45, 2.75) is 25.7 Å². The first-order valence-electron chi connectivity index (χ1n) is 9.20. The van der Waals surface area contributed by atoms with Gasteiger partial charge >= 0.3 is 0 Å². The summed E-state index contributed by atoms with van der Waals surface area (Å²) in [6.07, 6.45) is 3.36. The number of hydrogen-bond acceptors (Lipinski definition) is 3. The lowest BCUT2D eigenvalue weighted by atomic mass is 9.95. The zero-order valence-corrected chi connectivity index (χ0v) is 18.5. The quantitative estimate of drug-likeness (QED) is 0.266. The number of anilines is 1. The van der Waals surface area contributed by atoms with Crippen molar-refractivity contribution in [2.75, 3.05) is 45.2 Å². The van der Waals surface area contributed by atoms with Gasteiger partial charge in [-0.1, -0.05) is 12.1 Å². The average Bonchev–Trinajstić information content (AvgIpc) is 2.61. The monoisotopic (exact) mass is 491 g/mol. The molecule has 1 aliphatic heterocycles. The molecule has 1 unspecified atom stereocenters. The van der Waals surface area contributed by atoms with Crippen LogP contribution in [0.1, 0.15) is 25.7 Å². The molecule has 1 atom stereocenters. The molecule has 1 heterocycles. The van der Waals surface area contributed by atoms with Gasteiger partial charge < -0.3 is 20.9 Å². The summed E-state index contributed by atoms with van der Waals surface area (Å²) in [5.41, 5.74) is 5.94. The number of guanidine groups is 1. The number of para-hydroxylation sites is 1. The minimum atomic E-state index is -0.240. The molecule has 0 radical (unpaired) electrons. The highest BCUT2D eigenvalue weighted by Crippen LogP contribution is 2.19. The molecule has 0 aliphatic carbocycles. The summed E-state index contributed by atoms with van der Waals surface area (Å²) >= 11 is 0. The SMILES string of the molecule is CN=C(NCCCN(C)c1ccccc1F)N1CCCC(CC(N)=O)C1.I. The van der Waals surface area contributed by atoms with Crippen LogP contribution in [-0.2, 0) is 4.79 Å². The van der Waals surface area contributed by atoms with E-state index in [1.54, 1.807) is 19.2 Å². The number of nitrogens with zero attached hydrogens (tertiary/aromatic N) is 3. The van der Waals surface area contributed by atoms with Gasteiger partial charge in [0.1, 0.15) is 5.82 Å². The van der Waals surface area contributed by atoms with Crippen LogP contribution in [0.15, 0.2) is 29.3 Å². The lowest BCUT2D eigenvalue weighted by molar-refractivity contribution is -0.119. The van der Waals surface area contributed by atoms with Gasteiger partial charge in [-0.2, -0.15) is 0 Å². The molecule has 27 heavy (non-hydrogen) atoms. The summed E-state index contributed by atoms with van der Waals surface area (Å²) in [7, 11) is 3.66. The number of halogens is 2. The maximum atomic E-state index is 13.8. The second kappa shape index (κ2) is 12.0. The number of amides is 1. The molecule has 8 heteroatoms. The number of piperidine rings is 1. The van der Waals surface area contributed by atoms with Crippen molar-refractivity contribution in [1.82, 2.24) is 10.2 Å². The van der Waals surface area contributed by atoms with Crippen molar-refractivity contribution in [3.8, 4) is 0 Å². The first kappa shape index (κ1) is 23.5. The number of nitrogens with two attached hydrogens (primary N) is 1. The molecule has 1 aliphatic rings. The van der Waals surface area contributed by atoms with Crippen LogP contribution in [0.4, 0.5) is 10.1 Å². The summed E-state index contributed by atoms with van der Waals surface area (Å²) in [6.45, 7) is 3.24. The van der Waals surface area contributed by atoms with E-state index in [4.69, 9.17) is 5.73 Å². The number of carbonyl (C=O) groups is 1. The Bertz CT molecular complexity index is 628. The van der Waals surface area contributed by atoms with Crippen molar-refractivity contribution in [2.24, 2.45) is 16.6 Å². The largest absolute Gasteiger partial charge is 0.372 e. The van der Waals surface area contributed by atoms with Gasteiger partial charge in [0.2, 0.25) is 5.91 Å². The first-order chi connectivity index (χ1) is 12.5. The van der Waals surface area contributed by atoms with E-state index in [9.17, 15) is 9.18 Å². The van der Waals surface area contributed by atoms with Gasteiger partial charge in [0.05, 0.1) is 5.69 Å². The number of rotatable bonds is 7. The van der Waals surface area contributed by atoms with Crippen LogP contribution >= 0.6 is 24.0 Å². The Balaban J connectivity index is 0.00000364. The van der Waals surface area contributed by atoms with Crippen molar-refractivity contribution in [3.63, 3.8) is 0 Å². The van der Waals surface area contributed by atoms with Crippen molar-refractivity contribution in [3.05, 3.63) is 30.1 Å². The van der Waals surface area contributed by atoms with E-state index >= 15 is 0 Å². The number of hydrogen-bond donors (Lipinski definition) is 2. The van der Waals surface area contributed by atoms with Crippen LogP contribution in [0.3, 0.4) is 0 Å². The Labute approximate surface area is 178 Å². The Kier molecular flexibility index (Phi) is 10.4. The fourth-order valence-electron chi connectivity index (χ4n) is 3.44. The Morgan fingerprint density at radius 3 is 2.85 bits per heavy atom. The number of carbonyl (C=O) groups excluding carboxylic acids is 1. The molecule has 0 bridgehead atoms. The molecule has 1 amide bonds. The van der Waals surface area contributed by atoms with E-state index in [-0.39, 0.29) is 35.7 Å². The highest BCUT2D eigenvalue weighted by Gasteiger charge is 2.23. The van der Waals surface area contributed by atoms with Crippen molar-refractivity contribution < 1.29 is 9.18 Å². The van der Waals surface area contributed by atoms with Crippen LogP contribution < -0.4 is 16.0 Å². The molecular weight excluding hydrogens is 460 g/mol. The topological polar surface area (TPSA) is 74.0 Å². The maximum Gasteiger partial charge on any atom is 0.217 e. The van der Waals surface area contributed by atoms with Gasteiger partial charge in [0.15, 0.2) is 5.96 Å². The van der Waals surface area contributed by atoms with Crippen LogP contribution in [0.5, 0.6) is 0 Å². The second-order valence-corrected chi connectivity index (χ2v) is 6.83. The van der Waals surface area contributed by atoms with Crippen molar-refractivity contribution >= 4 is 41.5 Å². The van der Waals surface area contributed by atoms with E-state index < -0.39 is 0 Å². The Morgan fingerprint density at radius 2 is 2.19 bits per heavy atom. The zero-order chi connectivity index (χ0) is 18.9. The van der Waals surface area contributed by atoms with Crippen LogP contribution in [0, 0.1) is 11.7 Å². The number of aliphatic imine (C=N–C) groups is 1. The number of nitrogens with one attached hydrogen (secondary N) is 1. The van der Waals surface area contributed by atoms with Gasteiger partial charge in [-0.15, -0.1) is 24.0 Å². The van der Waals surface area contributed by atoms with E-state index in [1.807, 2.05) is 18.0 Å². The van der Waals surface area contributed by atoms with E-state index in [1.165, 1.54) is 6.07 Å². The molecular formula is C19H31FIN5O. The third kappa shape index (κ3) is 7.51. The Hall–Kier alpha value is -1.58. The number of primary amides is 1. The lowest BCUT2D eigenvalue weighted by Gasteiger charge is -2.34. The van der Waals surface area contributed by atoms with Gasteiger partial charge in [-0.3, -0.25) is 9.79 Å². The smallest absolute Gasteiger partial charge is 0.217 e. The van der Waals surface area contributed by atoms with Crippen LogP contribution in [0.2, 0.25) is 0 Å². The molecule has 6 nitrogen and oxygen atoms in total. The number of benzene rings is 1. The summed E-state index contributed by atoms with van der Waals surface area (Å²) < 4.78 is 13.8. The fraction of sp³-hybridized carbons (Fsp3) is 0.579. The van der Waals surface area contributed by atoms with E-state index in [0.29, 0.717) is 18.0 Å². The molecule has 0 spiro atoms. The molecule has 152 valence electrons. The molecule has 3 N–H and O–H groups in total. The first-order valence-corrected chi connectivity index (χ1v) is 9.20. The van der Waals surface area contributed by atoms with E-state index in [0.717, 1.165) is 51.4 Å². The van der Waals surface area contributed by atoms with E-state index in [2.05, 4.69) is 15.2 Å². The number of likely N-dealkylation sites (tertiary alicyclic amines) is 1. The third-order valence-corrected chi connectivity index (χ3v) is 4.74. The predicted octanol–water partition coefficient (Wildman–Crippen LogP) is 2.43. The fourth-order valence-corrected chi connectivity index (χ4v) is 3.44. The van der Waals surface area contributed by atoms with Gasteiger partial charge in [-0.25, -0.2) is 4.39 Å². The Morgan fingerprint density at radius 1 is 1.44 bits per heavy atom.